The number of nitrogens with one attached hydrogen (secondary N) is 2. The molecule has 0 aromatic rings. The minimum atomic E-state index is 0. The molecule has 5 nitrogen and oxygen atoms in total. The maximum Gasteiger partial charge on any atom is 0.191 e. The Bertz CT molecular complexity index is 283. The monoisotopic (exact) mass is 428 g/mol. The lowest BCUT2D eigenvalue weighted by Crippen LogP contribution is -2.44. The highest BCUT2D eigenvalue weighted by atomic mass is 127. The van der Waals surface area contributed by atoms with E-state index in [1.165, 1.54) is 6.42 Å². The fourth-order valence-corrected chi connectivity index (χ4v) is 1.49. The molecule has 0 saturated heterocycles. The van der Waals surface area contributed by atoms with Gasteiger partial charge >= 0.3 is 0 Å². The molecule has 0 aliphatic carbocycles. The van der Waals surface area contributed by atoms with Gasteiger partial charge in [-0.2, -0.15) is 0 Å². The maximum absolute atomic E-state index is 5.55. The van der Waals surface area contributed by atoms with Crippen molar-refractivity contribution >= 4 is 29.9 Å². The summed E-state index contributed by atoms with van der Waals surface area (Å²) in [5, 5.41) is 6.65. The van der Waals surface area contributed by atoms with Gasteiger partial charge in [0.1, 0.15) is 0 Å². The van der Waals surface area contributed by atoms with E-state index in [0.29, 0.717) is 0 Å². The van der Waals surface area contributed by atoms with Crippen molar-refractivity contribution in [3.8, 4) is 0 Å². The van der Waals surface area contributed by atoms with Crippen molar-refractivity contribution in [1.82, 2.24) is 15.5 Å². The Morgan fingerprint density at radius 3 is 2.27 bits per heavy atom. The van der Waals surface area contributed by atoms with E-state index in [4.69, 9.17) is 4.74 Å². The van der Waals surface area contributed by atoms with Crippen molar-refractivity contribution in [2.75, 3.05) is 46.9 Å². The van der Waals surface area contributed by atoms with E-state index in [-0.39, 0.29) is 29.5 Å². The van der Waals surface area contributed by atoms with E-state index >= 15 is 0 Å². The first-order chi connectivity index (χ1) is 9.94. The highest BCUT2D eigenvalue weighted by Crippen LogP contribution is 2.09. The second kappa shape index (κ2) is 14.5. The molecule has 6 heteroatoms. The average Bonchev–Trinajstić information content (AvgIpc) is 2.43. The van der Waals surface area contributed by atoms with E-state index in [1.807, 2.05) is 0 Å². The van der Waals surface area contributed by atoms with Crippen molar-refractivity contribution in [3.05, 3.63) is 0 Å². The van der Waals surface area contributed by atoms with Gasteiger partial charge in [0.15, 0.2) is 5.96 Å². The molecule has 2 N–H and O–H groups in total. The molecule has 0 aromatic carbocycles. The van der Waals surface area contributed by atoms with Gasteiger partial charge in [0, 0.05) is 31.8 Å². The van der Waals surface area contributed by atoms with Gasteiger partial charge in [0.2, 0.25) is 0 Å². The van der Waals surface area contributed by atoms with E-state index in [1.54, 1.807) is 0 Å². The van der Waals surface area contributed by atoms with Crippen LogP contribution in [0.15, 0.2) is 4.99 Å². The van der Waals surface area contributed by atoms with E-state index in [0.717, 1.165) is 51.6 Å². The summed E-state index contributed by atoms with van der Waals surface area (Å²) in [4.78, 5) is 6.86. The first-order valence-electron chi connectivity index (χ1n) is 8.21. The fourth-order valence-electron chi connectivity index (χ4n) is 1.49. The Balaban J connectivity index is 0. The summed E-state index contributed by atoms with van der Waals surface area (Å²) < 4.78 is 5.55. The fraction of sp³-hybridized carbons (Fsp3) is 0.938. The van der Waals surface area contributed by atoms with Gasteiger partial charge in [0.25, 0.3) is 0 Å². The minimum Gasteiger partial charge on any atom is -0.381 e. The molecule has 0 rings (SSSR count). The minimum absolute atomic E-state index is 0. The van der Waals surface area contributed by atoms with Crippen LogP contribution in [-0.4, -0.2) is 63.3 Å². The lowest BCUT2D eigenvalue weighted by molar-refractivity contribution is 0.129. The molecule has 0 saturated carbocycles. The Morgan fingerprint density at radius 2 is 1.73 bits per heavy atom. The number of ether oxygens (including phenoxy) is 1. The number of likely N-dealkylation sites (N-methyl/N-ethyl adjacent to an activating group) is 1. The molecule has 134 valence electrons. The van der Waals surface area contributed by atoms with Gasteiger partial charge in [-0.15, -0.1) is 24.0 Å². The molecule has 0 aliphatic heterocycles. The summed E-state index contributed by atoms with van der Waals surface area (Å²) >= 11 is 0. The predicted molar refractivity (Wildman–Crippen MR) is 108 cm³/mol. The highest BCUT2D eigenvalue weighted by molar-refractivity contribution is 14.0. The van der Waals surface area contributed by atoms with Crippen LogP contribution in [0.4, 0.5) is 0 Å². The van der Waals surface area contributed by atoms with E-state index in [9.17, 15) is 0 Å². The van der Waals surface area contributed by atoms with Gasteiger partial charge in [-0.3, -0.25) is 4.99 Å². The largest absolute Gasteiger partial charge is 0.381 e. The standard InChI is InChI=1S/C16H36N4O.HI/c1-7-9-12-21-13-10-11-18-15(17-8-2)19-14-16(3,4)20(5)6;/h7-14H2,1-6H3,(H2,17,18,19);1H. The molecular weight excluding hydrogens is 391 g/mol. The molecule has 0 atom stereocenters. The Morgan fingerprint density at radius 1 is 1.09 bits per heavy atom. The summed E-state index contributed by atoms with van der Waals surface area (Å²) in [6.07, 6.45) is 3.35. The van der Waals surface area contributed by atoms with Crippen molar-refractivity contribution in [2.45, 2.75) is 52.5 Å². The molecule has 0 fully saturated rings. The SMILES string of the molecule is CCCCOCCCNC(=NCC(C)(C)N(C)C)NCC.I. The van der Waals surface area contributed by atoms with Crippen LogP contribution in [0.3, 0.4) is 0 Å². The third kappa shape index (κ3) is 12.5. The van der Waals surface area contributed by atoms with Crippen LogP contribution in [0.2, 0.25) is 0 Å². The normalized spacial score (nSPS) is 12.2. The summed E-state index contributed by atoms with van der Waals surface area (Å²) in [5.74, 6) is 0.890. The van der Waals surface area contributed by atoms with E-state index < -0.39 is 0 Å². The van der Waals surface area contributed by atoms with Crippen LogP contribution >= 0.6 is 24.0 Å². The number of halogens is 1. The molecule has 0 heterocycles. The number of aliphatic imine (C=N–C) groups is 1. The van der Waals surface area contributed by atoms with Crippen molar-refractivity contribution < 1.29 is 4.74 Å². The van der Waals surface area contributed by atoms with Crippen LogP contribution in [0.1, 0.15) is 47.0 Å². The number of guanidine groups is 1. The van der Waals surface area contributed by atoms with Crippen LogP contribution in [0.25, 0.3) is 0 Å². The number of hydrogen-bond acceptors (Lipinski definition) is 3. The molecule has 0 radical (unpaired) electrons. The molecule has 0 aliphatic rings. The molecular formula is C16H37IN4O. The topological polar surface area (TPSA) is 48.9 Å². The van der Waals surface area contributed by atoms with E-state index in [2.05, 4.69) is 62.3 Å². The molecule has 0 amide bonds. The predicted octanol–water partition coefficient (Wildman–Crippen LogP) is 2.71. The zero-order valence-corrected chi connectivity index (χ0v) is 17.7. The van der Waals surface area contributed by atoms with Gasteiger partial charge in [-0.05, 0) is 47.7 Å². The van der Waals surface area contributed by atoms with Gasteiger partial charge < -0.3 is 20.3 Å². The second-order valence-electron chi connectivity index (χ2n) is 6.15. The average molecular weight is 428 g/mol. The second-order valence-corrected chi connectivity index (χ2v) is 6.15. The highest BCUT2D eigenvalue weighted by Gasteiger charge is 2.19. The lowest BCUT2D eigenvalue weighted by Gasteiger charge is -2.31. The summed E-state index contributed by atoms with van der Waals surface area (Å²) in [6.45, 7) is 12.9. The first-order valence-corrected chi connectivity index (χ1v) is 8.21. The van der Waals surface area contributed by atoms with Crippen LogP contribution < -0.4 is 10.6 Å². The molecule has 0 unspecified atom stereocenters. The smallest absolute Gasteiger partial charge is 0.191 e. The molecule has 22 heavy (non-hydrogen) atoms. The number of nitrogens with zero attached hydrogens (tertiary/aromatic N) is 2. The Labute approximate surface area is 154 Å². The third-order valence-electron chi connectivity index (χ3n) is 3.58. The van der Waals surface area contributed by atoms with Crippen LogP contribution in [0, 0.1) is 0 Å². The molecule has 0 aromatic heterocycles. The number of rotatable bonds is 11. The first kappa shape index (κ1) is 24.2. The van der Waals surface area contributed by atoms with Crippen molar-refractivity contribution in [2.24, 2.45) is 4.99 Å². The Hall–Kier alpha value is -0.0800. The van der Waals surface area contributed by atoms with Crippen molar-refractivity contribution in [1.29, 1.82) is 0 Å². The van der Waals surface area contributed by atoms with Gasteiger partial charge in [-0.1, -0.05) is 13.3 Å². The lowest BCUT2D eigenvalue weighted by atomic mass is 10.1. The molecule has 0 bridgehead atoms. The molecule has 0 spiro atoms. The third-order valence-corrected chi connectivity index (χ3v) is 3.58. The number of hydrogen-bond donors (Lipinski definition) is 2. The quantitative estimate of drug-likeness (QED) is 0.230. The van der Waals surface area contributed by atoms with Crippen LogP contribution in [0.5, 0.6) is 0 Å². The maximum atomic E-state index is 5.55. The summed E-state index contributed by atoms with van der Waals surface area (Å²) in [6, 6.07) is 0. The number of unbranched alkanes of at least 4 members (excludes halogenated alkanes) is 1. The Kier molecular flexibility index (Phi) is 15.9. The zero-order chi connectivity index (χ0) is 16.1. The van der Waals surface area contributed by atoms with Gasteiger partial charge in [-0.25, -0.2) is 0 Å². The summed E-state index contributed by atoms with van der Waals surface area (Å²) in [5.41, 5.74) is 0.0611. The summed E-state index contributed by atoms with van der Waals surface area (Å²) in [7, 11) is 4.17. The zero-order valence-electron chi connectivity index (χ0n) is 15.4. The van der Waals surface area contributed by atoms with Gasteiger partial charge in [0.05, 0.1) is 6.54 Å². The van der Waals surface area contributed by atoms with Crippen molar-refractivity contribution in [3.63, 3.8) is 0 Å². The van der Waals surface area contributed by atoms with Crippen LogP contribution in [-0.2, 0) is 4.74 Å².